The van der Waals surface area contributed by atoms with Crippen LogP contribution in [0.5, 0.6) is 5.75 Å². The first-order chi connectivity index (χ1) is 9.65. The van der Waals surface area contributed by atoms with Crippen LogP contribution in [0.3, 0.4) is 0 Å². The normalized spacial score (nSPS) is 10.7. The van der Waals surface area contributed by atoms with Gasteiger partial charge in [-0.15, -0.1) is 0 Å². The quantitative estimate of drug-likeness (QED) is 0.486. The lowest BCUT2D eigenvalue weighted by Gasteiger charge is -2.08. The van der Waals surface area contributed by atoms with Gasteiger partial charge in [-0.2, -0.15) is 16.9 Å². The molecule has 0 fully saturated rings. The summed E-state index contributed by atoms with van der Waals surface area (Å²) in [6.45, 7) is 0.698. The number of hydrogen-bond donors (Lipinski definition) is 2. The number of halogens is 2. The third kappa shape index (κ3) is 5.23. The molecule has 0 saturated heterocycles. The highest BCUT2D eigenvalue weighted by atomic mass is 79.9. The number of ether oxygens (including phenoxy) is 1. The van der Waals surface area contributed by atoms with Crippen LogP contribution in [-0.4, -0.2) is 27.5 Å². The Morgan fingerprint density at radius 2 is 2.20 bits per heavy atom. The maximum Gasteiger partial charge on any atom is 0.192 e. The van der Waals surface area contributed by atoms with Gasteiger partial charge >= 0.3 is 0 Å². The van der Waals surface area contributed by atoms with Crippen molar-refractivity contribution in [2.24, 2.45) is 0 Å². The Hall–Kier alpha value is -0.310. The van der Waals surface area contributed by atoms with Crippen LogP contribution in [0.15, 0.2) is 27.1 Å². The Labute approximate surface area is 143 Å². The van der Waals surface area contributed by atoms with Crippen LogP contribution in [0.4, 0.5) is 0 Å². The fourth-order valence-electron chi connectivity index (χ4n) is 1.48. The van der Waals surface area contributed by atoms with Crippen LogP contribution in [0.25, 0.3) is 0 Å². The van der Waals surface area contributed by atoms with E-state index < -0.39 is 0 Å². The van der Waals surface area contributed by atoms with Gasteiger partial charge in [-0.25, -0.2) is 0 Å². The molecule has 0 aliphatic rings. The summed E-state index contributed by atoms with van der Waals surface area (Å²) in [4.78, 5) is 2.99. The third-order valence-electron chi connectivity index (χ3n) is 2.37. The maximum atomic E-state index is 5.72. The minimum absolute atomic E-state index is 0.573. The minimum atomic E-state index is 0.573. The molecule has 0 radical (unpaired) electrons. The van der Waals surface area contributed by atoms with Crippen LogP contribution in [-0.2, 0) is 5.75 Å². The first kappa shape index (κ1) is 16.1. The molecule has 108 valence electrons. The molecule has 0 atom stereocenters. The molecule has 0 unspecified atom stereocenters. The molecule has 0 spiro atoms. The maximum absolute atomic E-state index is 5.72. The lowest BCUT2D eigenvalue weighted by Crippen LogP contribution is -1.99. The SMILES string of the molecule is S=c1[nH]nc(CSCCCOc2ccc(Br)cc2Br)[nH]1. The van der Waals surface area contributed by atoms with Crippen LogP contribution >= 0.6 is 55.8 Å². The monoisotopic (exact) mass is 437 g/mol. The number of thioether (sulfide) groups is 1. The second-order valence-electron chi connectivity index (χ2n) is 3.95. The molecule has 0 saturated carbocycles. The van der Waals surface area contributed by atoms with Crippen molar-refractivity contribution < 1.29 is 4.74 Å². The van der Waals surface area contributed by atoms with Crippen molar-refractivity contribution in [3.8, 4) is 5.75 Å². The van der Waals surface area contributed by atoms with Gasteiger partial charge in [0.15, 0.2) is 4.77 Å². The Balaban J connectivity index is 1.63. The average molecular weight is 439 g/mol. The zero-order chi connectivity index (χ0) is 14.4. The van der Waals surface area contributed by atoms with E-state index in [1.807, 2.05) is 18.2 Å². The van der Waals surface area contributed by atoms with Crippen LogP contribution in [0, 0.1) is 4.77 Å². The molecule has 1 heterocycles. The van der Waals surface area contributed by atoms with Crippen LogP contribution in [0.2, 0.25) is 0 Å². The fraction of sp³-hybridized carbons (Fsp3) is 0.333. The van der Waals surface area contributed by atoms with E-state index in [9.17, 15) is 0 Å². The molecule has 1 aromatic heterocycles. The van der Waals surface area contributed by atoms with E-state index in [1.165, 1.54) is 0 Å². The number of rotatable bonds is 7. The van der Waals surface area contributed by atoms with Gasteiger partial charge in [0.1, 0.15) is 11.6 Å². The molecule has 0 aliphatic heterocycles. The first-order valence-corrected chi connectivity index (χ1v) is 9.09. The Morgan fingerprint density at radius 1 is 1.35 bits per heavy atom. The second kappa shape index (κ2) is 8.21. The predicted molar refractivity (Wildman–Crippen MR) is 91.9 cm³/mol. The number of aromatic amines is 2. The molecule has 2 N–H and O–H groups in total. The number of aromatic nitrogens is 3. The zero-order valence-corrected chi connectivity index (χ0v) is 15.3. The summed E-state index contributed by atoms with van der Waals surface area (Å²) in [5.41, 5.74) is 0. The molecular formula is C12H13Br2N3OS2. The van der Waals surface area contributed by atoms with Gasteiger partial charge in [0, 0.05) is 4.47 Å². The molecule has 0 amide bonds. The lowest BCUT2D eigenvalue weighted by molar-refractivity contribution is 0.316. The van der Waals surface area contributed by atoms with Crippen molar-refractivity contribution in [1.82, 2.24) is 15.2 Å². The van der Waals surface area contributed by atoms with Gasteiger partial charge in [-0.1, -0.05) is 15.9 Å². The van der Waals surface area contributed by atoms with Gasteiger partial charge in [-0.3, -0.25) is 5.10 Å². The van der Waals surface area contributed by atoms with Crippen molar-refractivity contribution in [1.29, 1.82) is 0 Å². The van der Waals surface area contributed by atoms with Crippen LogP contribution < -0.4 is 4.74 Å². The molecule has 4 nitrogen and oxygen atoms in total. The largest absolute Gasteiger partial charge is 0.492 e. The van der Waals surface area contributed by atoms with Gasteiger partial charge in [0.2, 0.25) is 0 Å². The topological polar surface area (TPSA) is 53.7 Å². The summed E-state index contributed by atoms with van der Waals surface area (Å²) < 4.78 is 8.29. The summed E-state index contributed by atoms with van der Waals surface area (Å²) in [6.07, 6.45) is 0.984. The van der Waals surface area contributed by atoms with Gasteiger partial charge in [0.25, 0.3) is 0 Å². The first-order valence-electron chi connectivity index (χ1n) is 5.94. The van der Waals surface area contributed by atoms with Gasteiger partial charge < -0.3 is 9.72 Å². The predicted octanol–water partition coefficient (Wildman–Crippen LogP) is 4.69. The summed E-state index contributed by atoms with van der Waals surface area (Å²) >= 11 is 13.6. The summed E-state index contributed by atoms with van der Waals surface area (Å²) in [5.74, 6) is 3.60. The fourth-order valence-corrected chi connectivity index (χ4v) is 3.60. The van der Waals surface area contributed by atoms with E-state index in [4.69, 9.17) is 17.0 Å². The molecule has 8 heteroatoms. The Kier molecular flexibility index (Phi) is 6.60. The average Bonchev–Trinajstić information content (AvgIpc) is 2.81. The number of nitrogens with zero attached hydrogens (tertiary/aromatic N) is 1. The summed E-state index contributed by atoms with van der Waals surface area (Å²) in [7, 11) is 0. The van der Waals surface area contributed by atoms with Crippen molar-refractivity contribution in [3.63, 3.8) is 0 Å². The van der Waals surface area contributed by atoms with E-state index in [0.29, 0.717) is 11.4 Å². The molecule has 1 aromatic carbocycles. The molecule has 0 bridgehead atoms. The smallest absolute Gasteiger partial charge is 0.192 e. The molecule has 20 heavy (non-hydrogen) atoms. The highest BCUT2D eigenvalue weighted by Crippen LogP contribution is 2.28. The van der Waals surface area contributed by atoms with E-state index in [-0.39, 0.29) is 0 Å². The lowest BCUT2D eigenvalue weighted by atomic mass is 10.3. The Morgan fingerprint density at radius 3 is 2.90 bits per heavy atom. The molecular weight excluding hydrogens is 426 g/mol. The number of benzene rings is 1. The summed E-state index contributed by atoms with van der Waals surface area (Å²) in [6, 6.07) is 5.89. The van der Waals surface area contributed by atoms with Gasteiger partial charge in [0.05, 0.1) is 16.8 Å². The van der Waals surface area contributed by atoms with Crippen molar-refractivity contribution >= 4 is 55.8 Å². The number of H-pyrrole nitrogens is 2. The Bertz CT molecular complexity index is 615. The van der Waals surface area contributed by atoms with Gasteiger partial charge in [-0.05, 0) is 58.5 Å². The highest BCUT2D eigenvalue weighted by molar-refractivity contribution is 9.11. The van der Waals surface area contributed by atoms with E-state index >= 15 is 0 Å². The molecule has 2 aromatic rings. The van der Waals surface area contributed by atoms with Crippen molar-refractivity contribution in [2.45, 2.75) is 12.2 Å². The third-order valence-corrected chi connectivity index (χ3v) is 4.73. The standard InChI is InChI=1S/C12H13Br2N3OS2/c13-8-2-3-10(9(14)6-8)18-4-1-5-20-7-11-15-12(19)17-16-11/h2-3,6H,1,4-5,7H2,(H2,15,16,17,19). The van der Waals surface area contributed by atoms with E-state index in [0.717, 1.165) is 38.4 Å². The van der Waals surface area contributed by atoms with Crippen molar-refractivity contribution in [2.75, 3.05) is 12.4 Å². The number of nitrogens with one attached hydrogen (secondary N) is 2. The number of hydrogen-bond acceptors (Lipinski definition) is 4. The zero-order valence-electron chi connectivity index (χ0n) is 10.5. The van der Waals surface area contributed by atoms with E-state index in [2.05, 4.69) is 47.0 Å². The molecule has 0 aliphatic carbocycles. The summed E-state index contributed by atoms with van der Waals surface area (Å²) in [5, 5.41) is 6.77. The van der Waals surface area contributed by atoms with E-state index in [1.54, 1.807) is 11.8 Å². The van der Waals surface area contributed by atoms with Crippen molar-refractivity contribution in [3.05, 3.63) is 37.7 Å². The molecule has 2 rings (SSSR count). The second-order valence-corrected chi connectivity index (χ2v) is 7.24. The van der Waals surface area contributed by atoms with Crippen LogP contribution in [0.1, 0.15) is 12.2 Å². The minimum Gasteiger partial charge on any atom is -0.492 e. The highest BCUT2D eigenvalue weighted by Gasteiger charge is 2.02.